The summed E-state index contributed by atoms with van der Waals surface area (Å²) in [6.07, 6.45) is 9.44. The van der Waals surface area contributed by atoms with E-state index in [1.807, 2.05) is 18.2 Å². The summed E-state index contributed by atoms with van der Waals surface area (Å²) in [5.74, 6) is 0.327. The lowest BCUT2D eigenvalue weighted by atomic mass is 10.0. The average molecular weight is 339 g/mol. The van der Waals surface area contributed by atoms with Gasteiger partial charge in [-0.2, -0.15) is 0 Å². The molecule has 1 fully saturated rings. The highest BCUT2D eigenvalue weighted by Crippen LogP contribution is 2.33. The fourth-order valence-electron chi connectivity index (χ4n) is 3.03. The quantitative estimate of drug-likeness (QED) is 0.805. The first-order chi connectivity index (χ1) is 12.2. The maximum atomic E-state index is 11.6. The van der Waals surface area contributed by atoms with E-state index in [0.29, 0.717) is 17.1 Å². The van der Waals surface area contributed by atoms with Crippen molar-refractivity contribution in [1.82, 2.24) is 4.98 Å². The van der Waals surface area contributed by atoms with Crippen molar-refractivity contribution in [2.75, 3.05) is 7.11 Å². The number of nitrogens with zero attached hydrogens (tertiary/aromatic N) is 1. The third-order valence-electron chi connectivity index (χ3n) is 4.32. The van der Waals surface area contributed by atoms with E-state index in [4.69, 9.17) is 9.47 Å². The summed E-state index contributed by atoms with van der Waals surface area (Å²) in [7, 11) is 1.60. The molecule has 25 heavy (non-hydrogen) atoms. The minimum atomic E-state index is -0.986. The molecule has 0 atom stereocenters. The number of aliphatic carboxylic acids is 1. The van der Waals surface area contributed by atoms with Crippen molar-refractivity contribution in [3.05, 3.63) is 53.9 Å². The first kappa shape index (κ1) is 17.0. The molecule has 5 heteroatoms. The number of carbonyl (C=O) groups is 1. The number of pyridine rings is 1. The molecule has 1 heterocycles. The van der Waals surface area contributed by atoms with Gasteiger partial charge in [0.2, 0.25) is 0 Å². The summed E-state index contributed by atoms with van der Waals surface area (Å²) >= 11 is 0. The number of aromatic nitrogens is 1. The van der Waals surface area contributed by atoms with Crippen molar-refractivity contribution in [2.45, 2.75) is 31.8 Å². The molecule has 2 aromatic rings. The van der Waals surface area contributed by atoms with Gasteiger partial charge in [-0.1, -0.05) is 6.07 Å². The second-order valence-electron chi connectivity index (χ2n) is 6.03. The largest absolute Gasteiger partial charge is 0.493 e. The Labute approximate surface area is 146 Å². The Hall–Kier alpha value is -2.82. The Kier molecular flexibility index (Phi) is 5.33. The van der Waals surface area contributed by atoms with Crippen molar-refractivity contribution >= 4 is 17.6 Å². The molecule has 3 rings (SSSR count). The molecule has 130 valence electrons. The van der Waals surface area contributed by atoms with E-state index >= 15 is 0 Å². The molecule has 0 bridgehead atoms. The zero-order chi connectivity index (χ0) is 17.6. The van der Waals surface area contributed by atoms with Crippen LogP contribution in [0.25, 0.3) is 11.6 Å². The van der Waals surface area contributed by atoms with Gasteiger partial charge < -0.3 is 14.6 Å². The molecule has 1 N–H and O–H groups in total. The fraction of sp³-hybridized carbons (Fsp3) is 0.300. The monoisotopic (exact) mass is 339 g/mol. The number of carboxylic acid groups (broad SMARTS) is 1. The highest BCUT2D eigenvalue weighted by molar-refractivity contribution is 6.20. The van der Waals surface area contributed by atoms with Gasteiger partial charge in [-0.25, -0.2) is 4.79 Å². The minimum absolute atomic E-state index is 0.201. The van der Waals surface area contributed by atoms with Crippen LogP contribution < -0.4 is 9.47 Å². The summed E-state index contributed by atoms with van der Waals surface area (Å²) in [6.45, 7) is 0. The topological polar surface area (TPSA) is 68.7 Å². The van der Waals surface area contributed by atoms with E-state index in [2.05, 4.69) is 4.98 Å². The molecular weight excluding hydrogens is 318 g/mol. The van der Waals surface area contributed by atoms with Crippen molar-refractivity contribution in [3.63, 3.8) is 0 Å². The fourth-order valence-corrected chi connectivity index (χ4v) is 3.03. The zero-order valence-corrected chi connectivity index (χ0v) is 14.1. The van der Waals surface area contributed by atoms with Gasteiger partial charge in [0.05, 0.1) is 18.8 Å². The number of benzene rings is 1. The molecule has 1 aliphatic carbocycles. The summed E-state index contributed by atoms with van der Waals surface area (Å²) in [5, 5.41) is 9.54. The van der Waals surface area contributed by atoms with Crippen molar-refractivity contribution < 1.29 is 19.4 Å². The zero-order valence-electron chi connectivity index (χ0n) is 14.1. The Morgan fingerprint density at radius 2 is 1.88 bits per heavy atom. The molecule has 0 radical (unpaired) electrons. The van der Waals surface area contributed by atoms with Gasteiger partial charge in [-0.15, -0.1) is 0 Å². The number of ether oxygens (including phenoxy) is 2. The average Bonchev–Trinajstić information content (AvgIpc) is 3.13. The smallest absolute Gasteiger partial charge is 0.336 e. The van der Waals surface area contributed by atoms with Crippen LogP contribution >= 0.6 is 0 Å². The molecule has 0 saturated heterocycles. The first-order valence-electron chi connectivity index (χ1n) is 8.37. The van der Waals surface area contributed by atoms with E-state index in [-0.39, 0.29) is 11.7 Å². The van der Waals surface area contributed by atoms with Crippen molar-refractivity contribution in [1.29, 1.82) is 0 Å². The van der Waals surface area contributed by atoms with Gasteiger partial charge in [0.1, 0.15) is 0 Å². The van der Waals surface area contributed by atoms with Gasteiger partial charge in [-0.3, -0.25) is 4.98 Å². The third-order valence-corrected chi connectivity index (χ3v) is 4.32. The van der Waals surface area contributed by atoms with Crippen LogP contribution in [0.4, 0.5) is 0 Å². The second kappa shape index (κ2) is 7.83. The molecule has 0 amide bonds. The lowest BCUT2D eigenvalue weighted by molar-refractivity contribution is -0.130. The molecule has 5 nitrogen and oxygen atoms in total. The van der Waals surface area contributed by atoms with Crippen LogP contribution in [0.15, 0.2) is 42.7 Å². The molecule has 1 saturated carbocycles. The first-order valence-corrected chi connectivity index (χ1v) is 8.37. The van der Waals surface area contributed by atoms with E-state index in [1.165, 1.54) is 12.8 Å². The number of methoxy groups -OCH3 is 1. The normalized spacial score (nSPS) is 15.2. The van der Waals surface area contributed by atoms with E-state index in [1.54, 1.807) is 37.7 Å². The predicted molar refractivity (Wildman–Crippen MR) is 95.6 cm³/mol. The molecule has 1 aromatic carbocycles. The summed E-state index contributed by atoms with van der Waals surface area (Å²) in [5.41, 5.74) is 1.57. The number of hydrogen-bond donors (Lipinski definition) is 1. The van der Waals surface area contributed by atoms with E-state index < -0.39 is 5.97 Å². The predicted octanol–water partition coefficient (Wildman–Crippen LogP) is 4.04. The summed E-state index contributed by atoms with van der Waals surface area (Å²) in [4.78, 5) is 15.6. The molecule has 1 aromatic heterocycles. The molecular formula is C20H21NO4. The van der Waals surface area contributed by atoms with Crippen LogP contribution in [0.3, 0.4) is 0 Å². The molecule has 0 unspecified atom stereocenters. The lowest BCUT2D eigenvalue weighted by Crippen LogP contribution is -2.11. The van der Waals surface area contributed by atoms with Gasteiger partial charge in [0.25, 0.3) is 0 Å². The maximum Gasteiger partial charge on any atom is 0.336 e. The van der Waals surface area contributed by atoms with Gasteiger partial charge >= 0.3 is 5.97 Å². The summed E-state index contributed by atoms with van der Waals surface area (Å²) in [6, 6.07) is 8.83. The van der Waals surface area contributed by atoms with E-state index in [0.717, 1.165) is 18.4 Å². The van der Waals surface area contributed by atoms with Gasteiger partial charge in [0.15, 0.2) is 11.5 Å². The van der Waals surface area contributed by atoms with Crippen LogP contribution in [-0.2, 0) is 4.79 Å². The molecule has 0 aliphatic heterocycles. The third kappa shape index (κ3) is 4.18. The van der Waals surface area contributed by atoms with Crippen LogP contribution in [0, 0.1) is 0 Å². The van der Waals surface area contributed by atoms with E-state index in [9.17, 15) is 9.90 Å². The van der Waals surface area contributed by atoms with Crippen molar-refractivity contribution in [2.24, 2.45) is 0 Å². The Balaban J connectivity index is 1.93. The van der Waals surface area contributed by atoms with Crippen LogP contribution in [0.2, 0.25) is 0 Å². The van der Waals surface area contributed by atoms with Crippen LogP contribution in [0.5, 0.6) is 11.5 Å². The lowest BCUT2D eigenvalue weighted by Gasteiger charge is -2.16. The highest BCUT2D eigenvalue weighted by atomic mass is 16.5. The van der Waals surface area contributed by atoms with Gasteiger partial charge in [-0.05, 0) is 67.2 Å². The molecule has 1 aliphatic rings. The molecule has 0 spiro atoms. The minimum Gasteiger partial charge on any atom is -0.493 e. The number of hydrogen-bond acceptors (Lipinski definition) is 4. The SMILES string of the molecule is COc1ccc(C=C(C(=O)O)c2ccncc2)cc1OC1CCCC1. The Morgan fingerprint density at radius 3 is 2.52 bits per heavy atom. The maximum absolute atomic E-state index is 11.6. The summed E-state index contributed by atoms with van der Waals surface area (Å²) < 4.78 is 11.5. The standard InChI is InChI=1S/C20H21NO4/c1-24-18-7-6-14(13-19(18)25-16-4-2-3-5-16)12-17(20(22)23)15-8-10-21-11-9-15/h6-13,16H,2-5H2,1H3,(H,22,23). The second-order valence-corrected chi connectivity index (χ2v) is 6.03. The highest BCUT2D eigenvalue weighted by Gasteiger charge is 2.19. The van der Waals surface area contributed by atoms with Crippen LogP contribution in [0.1, 0.15) is 36.8 Å². The van der Waals surface area contributed by atoms with Crippen LogP contribution in [-0.4, -0.2) is 29.3 Å². The van der Waals surface area contributed by atoms with Gasteiger partial charge in [0, 0.05) is 12.4 Å². The number of rotatable bonds is 6. The Morgan fingerprint density at radius 1 is 1.16 bits per heavy atom. The Bertz CT molecular complexity index is 765. The van der Waals surface area contributed by atoms with Crippen molar-refractivity contribution in [3.8, 4) is 11.5 Å². The number of carboxylic acids is 1.